The minimum atomic E-state index is 0.739. The van der Waals surface area contributed by atoms with Gasteiger partial charge in [0.15, 0.2) is 0 Å². The van der Waals surface area contributed by atoms with Gasteiger partial charge in [-0.2, -0.15) is 0 Å². The van der Waals surface area contributed by atoms with Gasteiger partial charge in [-0.15, -0.1) is 0 Å². The smallest absolute Gasteiger partial charge is 0.118 e. The molecule has 2 rings (SSSR count). The Bertz CT molecular complexity index is 479. The number of benzene rings is 1. The van der Waals surface area contributed by atoms with E-state index in [1.54, 1.807) is 7.11 Å². The Kier molecular flexibility index (Phi) is 5.74. The van der Waals surface area contributed by atoms with Crippen LogP contribution in [0, 0.1) is 23.7 Å². The zero-order chi connectivity index (χ0) is 14.2. The third-order valence-electron chi connectivity index (χ3n) is 4.23. The molecule has 1 aliphatic carbocycles. The third-order valence-corrected chi connectivity index (χ3v) is 4.23. The molecule has 0 amide bonds. The third kappa shape index (κ3) is 4.46. The summed E-state index contributed by atoms with van der Waals surface area (Å²) in [5, 5.41) is 0. The van der Waals surface area contributed by atoms with Crippen molar-refractivity contribution in [3.63, 3.8) is 0 Å². The predicted molar refractivity (Wildman–Crippen MR) is 84.8 cm³/mol. The van der Waals surface area contributed by atoms with Crippen molar-refractivity contribution in [1.82, 2.24) is 0 Å². The molecule has 0 bridgehead atoms. The van der Waals surface area contributed by atoms with Crippen LogP contribution in [0.25, 0.3) is 0 Å². The zero-order valence-electron chi connectivity index (χ0n) is 12.6. The summed E-state index contributed by atoms with van der Waals surface area (Å²) < 4.78 is 5.13. The SMILES string of the molecule is CC[C@H]1CC[C@H](C=CC#Cc2ccc(OC)cc2)CC1. The zero-order valence-corrected chi connectivity index (χ0v) is 12.6. The number of methoxy groups -OCH3 is 1. The molecule has 0 N–H and O–H groups in total. The summed E-state index contributed by atoms with van der Waals surface area (Å²) in [6.07, 6.45) is 11.1. The summed E-state index contributed by atoms with van der Waals surface area (Å²) in [7, 11) is 1.68. The van der Waals surface area contributed by atoms with Gasteiger partial charge in [-0.25, -0.2) is 0 Å². The minimum absolute atomic E-state index is 0.739. The van der Waals surface area contributed by atoms with E-state index in [4.69, 9.17) is 4.74 Å². The summed E-state index contributed by atoms with van der Waals surface area (Å²) >= 11 is 0. The predicted octanol–water partition coefficient (Wildman–Crippen LogP) is 4.82. The van der Waals surface area contributed by atoms with Gasteiger partial charge in [0.25, 0.3) is 0 Å². The van der Waals surface area contributed by atoms with E-state index in [1.165, 1.54) is 32.1 Å². The lowest BCUT2D eigenvalue weighted by molar-refractivity contribution is 0.304. The minimum Gasteiger partial charge on any atom is -0.497 e. The van der Waals surface area contributed by atoms with Crippen molar-refractivity contribution < 1.29 is 4.74 Å². The van der Waals surface area contributed by atoms with E-state index in [2.05, 4.69) is 24.8 Å². The molecule has 0 aliphatic heterocycles. The van der Waals surface area contributed by atoms with Gasteiger partial charge in [0.2, 0.25) is 0 Å². The molecule has 1 aromatic rings. The van der Waals surface area contributed by atoms with Gasteiger partial charge in [0.1, 0.15) is 5.75 Å². The first-order valence-electron chi connectivity index (χ1n) is 7.64. The largest absolute Gasteiger partial charge is 0.497 e. The second-order valence-electron chi connectivity index (χ2n) is 5.55. The second-order valence-corrected chi connectivity index (χ2v) is 5.55. The van der Waals surface area contributed by atoms with Gasteiger partial charge in [-0.05, 0) is 67.9 Å². The molecule has 1 saturated carbocycles. The molecule has 0 radical (unpaired) electrons. The lowest BCUT2D eigenvalue weighted by atomic mass is 9.81. The Labute approximate surface area is 123 Å². The summed E-state index contributed by atoms with van der Waals surface area (Å²) in [5.41, 5.74) is 1.03. The molecule has 0 heterocycles. The lowest BCUT2D eigenvalue weighted by Crippen LogP contribution is -2.11. The Morgan fingerprint density at radius 1 is 1.15 bits per heavy atom. The molecular formula is C19H24O. The molecule has 106 valence electrons. The van der Waals surface area contributed by atoms with E-state index in [0.717, 1.165) is 23.1 Å². The summed E-state index contributed by atoms with van der Waals surface area (Å²) in [6, 6.07) is 7.87. The van der Waals surface area contributed by atoms with Crippen LogP contribution < -0.4 is 4.74 Å². The Balaban J connectivity index is 1.82. The monoisotopic (exact) mass is 268 g/mol. The average Bonchev–Trinajstić information content (AvgIpc) is 2.53. The van der Waals surface area contributed by atoms with Crippen LogP contribution in [0.2, 0.25) is 0 Å². The van der Waals surface area contributed by atoms with Crippen molar-refractivity contribution in [1.29, 1.82) is 0 Å². The van der Waals surface area contributed by atoms with Crippen LogP contribution in [-0.2, 0) is 0 Å². The molecular weight excluding hydrogens is 244 g/mol. The summed E-state index contributed by atoms with van der Waals surface area (Å²) in [4.78, 5) is 0. The maximum absolute atomic E-state index is 5.13. The molecule has 0 saturated heterocycles. The highest BCUT2D eigenvalue weighted by Gasteiger charge is 2.17. The molecule has 1 aromatic carbocycles. The highest BCUT2D eigenvalue weighted by Crippen LogP contribution is 2.31. The maximum Gasteiger partial charge on any atom is 0.118 e. The normalized spacial score (nSPS) is 22.3. The van der Waals surface area contributed by atoms with E-state index >= 15 is 0 Å². The van der Waals surface area contributed by atoms with Gasteiger partial charge in [0, 0.05) is 5.56 Å². The fourth-order valence-corrected chi connectivity index (χ4v) is 2.77. The van der Waals surface area contributed by atoms with Crippen molar-refractivity contribution in [2.45, 2.75) is 39.0 Å². The van der Waals surface area contributed by atoms with Crippen molar-refractivity contribution >= 4 is 0 Å². The first-order valence-corrected chi connectivity index (χ1v) is 7.64. The topological polar surface area (TPSA) is 9.23 Å². The van der Waals surface area contributed by atoms with Crippen LogP contribution >= 0.6 is 0 Å². The molecule has 0 spiro atoms. The van der Waals surface area contributed by atoms with Crippen LogP contribution in [0.15, 0.2) is 36.4 Å². The molecule has 0 atom stereocenters. The van der Waals surface area contributed by atoms with Crippen LogP contribution in [-0.4, -0.2) is 7.11 Å². The maximum atomic E-state index is 5.13. The van der Waals surface area contributed by atoms with Crippen molar-refractivity contribution in [3.8, 4) is 17.6 Å². The number of rotatable bonds is 3. The molecule has 1 aliphatic rings. The van der Waals surface area contributed by atoms with Crippen molar-refractivity contribution in [2.75, 3.05) is 7.11 Å². The quantitative estimate of drug-likeness (QED) is 0.714. The van der Waals surface area contributed by atoms with Crippen molar-refractivity contribution in [3.05, 3.63) is 42.0 Å². The van der Waals surface area contributed by atoms with Gasteiger partial charge < -0.3 is 4.74 Å². The standard InChI is InChI=1S/C19H24O/c1-3-16-8-10-17(11-9-16)6-4-5-7-18-12-14-19(20-2)15-13-18/h4,6,12-17H,3,8-11H2,1-2H3/t16-,17-. The second kappa shape index (κ2) is 7.80. The Morgan fingerprint density at radius 3 is 2.45 bits per heavy atom. The molecule has 1 fully saturated rings. The van der Waals surface area contributed by atoms with Crippen LogP contribution in [0.3, 0.4) is 0 Å². The first-order chi connectivity index (χ1) is 9.81. The fourth-order valence-electron chi connectivity index (χ4n) is 2.77. The Morgan fingerprint density at radius 2 is 1.85 bits per heavy atom. The molecule has 0 unspecified atom stereocenters. The number of allylic oxidation sites excluding steroid dienone is 2. The molecule has 20 heavy (non-hydrogen) atoms. The molecule has 1 nitrogen and oxygen atoms in total. The number of hydrogen-bond acceptors (Lipinski definition) is 1. The van der Waals surface area contributed by atoms with Crippen LogP contribution in [0.4, 0.5) is 0 Å². The lowest BCUT2D eigenvalue weighted by Gasteiger charge is -2.25. The molecule has 1 heteroatoms. The van der Waals surface area contributed by atoms with Gasteiger partial charge in [-0.1, -0.05) is 31.3 Å². The fraction of sp³-hybridized carbons (Fsp3) is 0.474. The van der Waals surface area contributed by atoms with E-state index in [1.807, 2.05) is 30.3 Å². The van der Waals surface area contributed by atoms with Crippen LogP contribution in [0.1, 0.15) is 44.6 Å². The van der Waals surface area contributed by atoms with E-state index in [9.17, 15) is 0 Å². The van der Waals surface area contributed by atoms with Gasteiger partial charge in [-0.3, -0.25) is 0 Å². The van der Waals surface area contributed by atoms with Crippen LogP contribution in [0.5, 0.6) is 5.75 Å². The first kappa shape index (κ1) is 14.7. The van der Waals surface area contributed by atoms with Gasteiger partial charge >= 0.3 is 0 Å². The number of hydrogen-bond donors (Lipinski definition) is 0. The Hall–Kier alpha value is -1.68. The van der Waals surface area contributed by atoms with E-state index < -0.39 is 0 Å². The molecule has 0 aromatic heterocycles. The van der Waals surface area contributed by atoms with E-state index in [0.29, 0.717) is 0 Å². The summed E-state index contributed by atoms with van der Waals surface area (Å²) in [6.45, 7) is 2.31. The average molecular weight is 268 g/mol. The highest BCUT2D eigenvalue weighted by atomic mass is 16.5. The van der Waals surface area contributed by atoms with E-state index in [-0.39, 0.29) is 0 Å². The highest BCUT2D eigenvalue weighted by molar-refractivity contribution is 5.40. The summed E-state index contributed by atoms with van der Waals surface area (Å²) in [5.74, 6) is 8.88. The number of ether oxygens (including phenoxy) is 1. The van der Waals surface area contributed by atoms with Crippen molar-refractivity contribution in [2.24, 2.45) is 11.8 Å². The van der Waals surface area contributed by atoms with Gasteiger partial charge in [0.05, 0.1) is 7.11 Å².